The SMILES string of the molecule is CCC(C)n1c(SCC(=O)Nc2ccc(C)cc2C)nc2ccsc2c1=O. The highest BCUT2D eigenvalue weighted by molar-refractivity contribution is 7.99. The van der Waals surface area contributed by atoms with Crippen molar-refractivity contribution in [2.45, 2.75) is 45.3 Å². The normalized spacial score (nSPS) is 12.3. The Morgan fingerprint density at radius 2 is 2.11 bits per heavy atom. The summed E-state index contributed by atoms with van der Waals surface area (Å²) >= 11 is 2.71. The zero-order chi connectivity index (χ0) is 19.6. The quantitative estimate of drug-likeness (QED) is 0.477. The third-order valence-electron chi connectivity index (χ3n) is 4.50. The molecule has 5 nitrogen and oxygen atoms in total. The smallest absolute Gasteiger partial charge is 0.272 e. The number of carbonyl (C=O) groups is 1. The molecule has 0 saturated heterocycles. The van der Waals surface area contributed by atoms with Crippen LogP contribution < -0.4 is 10.9 Å². The van der Waals surface area contributed by atoms with Crippen LogP contribution in [0.25, 0.3) is 10.2 Å². The second-order valence-corrected chi connectivity index (χ2v) is 8.48. The Balaban J connectivity index is 1.81. The van der Waals surface area contributed by atoms with Crippen LogP contribution in [-0.2, 0) is 4.79 Å². The van der Waals surface area contributed by atoms with Gasteiger partial charge in [0, 0.05) is 11.7 Å². The molecule has 2 aromatic heterocycles. The second kappa shape index (κ2) is 8.27. The van der Waals surface area contributed by atoms with E-state index >= 15 is 0 Å². The Morgan fingerprint density at radius 3 is 2.81 bits per heavy atom. The summed E-state index contributed by atoms with van der Waals surface area (Å²) in [5.41, 5.74) is 3.67. The van der Waals surface area contributed by atoms with E-state index in [1.54, 1.807) is 4.57 Å². The van der Waals surface area contributed by atoms with Crippen molar-refractivity contribution in [3.05, 3.63) is 51.1 Å². The third-order valence-corrected chi connectivity index (χ3v) is 6.34. The van der Waals surface area contributed by atoms with Crippen molar-refractivity contribution < 1.29 is 4.79 Å². The molecule has 1 N–H and O–H groups in total. The highest BCUT2D eigenvalue weighted by Gasteiger charge is 2.17. The molecule has 0 bridgehead atoms. The Bertz CT molecular complexity index is 1040. The summed E-state index contributed by atoms with van der Waals surface area (Å²) in [6.07, 6.45) is 0.820. The predicted molar refractivity (Wildman–Crippen MR) is 114 cm³/mol. The number of aryl methyl sites for hydroxylation is 2. The van der Waals surface area contributed by atoms with Crippen LogP contribution in [0, 0.1) is 13.8 Å². The maximum Gasteiger partial charge on any atom is 0.272 e. The molecule has 1 amide bonds. The van der Waals surface area contributed by atoms with E-state index in [1.165, 1.54) is 23.1 Å². The molecule has 1 aromatic carbocycles. The van der Waals surface area contributed by atoms with Crippen molar-refractivity contribution in [3.8, 4) is 0 Å². The maximum absolute atomic E-state index is 12.8. The average molecular weight is 402 g/mol. The molecule has 0 aliphatic carbocycles. The largest absolute Gasteiger partial charge is 0.325 e. The van der Waals surface area contributed by atoms with Crippen LogP contribution in [0.3, 0.4) is 0 Å². The van der Waals surface area contributed by atoms with Crippen molar-refractivity contribution in [3.63, 3.8) is 0 Å². The number of thiophene rings is 1. The Labute approximate surface area is 166 Å². The van der Waals surface area contributed by atoms with Crippen LogP contribution in [-0.4, -0.2) is 21.2 Å². The fourth-order valence-electron chi connectivity index (χ4n) is 2.85. The third kappa shape index (κ3) is 4.25. The lowest BCUT2D eigenvalue weighted by molar-refractivity contribution is -0.113. The summed E-state index contributed by atoms with van der Waals surface area (Å²) in [4.78, 5) is 29.9. The average Bonchev–Trinajstić information content (AvgIpc) is 3.11. The Morgan fingerprint density at radius 1 is 1.33 bits per heavy atom. The van der Waals surface area contributed by atoms with E-state index in [0.29, 0.717) is 15.4 Å². The van der Waals surface area contributed by atoms with E-state index in [1.807, 2.05) is 57.3 Å². The first-order chi connectivity index (χ1) is 12.9. The summed E-state index contributed by atoms with van der Waals surface area (Å²) in [6.45, 7) is 8.04. The topological polar surface area (TPSA) is 64.0 Å². The molecule has 7 heteroatoms. The van der Waals surface area contributed by atoms with Gasteiger partial charge in [-0.2, -0.15) is 0 Å². The van der Waals surface area contributed by atoms with E-state index in [9.17, 15) is 9.59 Å². The van der Waals surface area contributed by atoms with Gasteiger partial charge in [-0.15, -0.1) is 11.3 Å². The number of thioether (sulfide) groups is 1. The zero-order valence-electron chi connectivity index (χ0n) is 15.9. The van der Waals surface area contributed by atoms with Crippen LogP contribution in [0.1, 0.15) is 37.4 Å². The van der Waals surface area contributed by atoms with Gasteiger partial charge in [0.1, 0.15) is 4.70 Å². The van der Waals surface area contributed by atoms with Gasteiger partial charge in [0.2, 0.25) is 5.91 Å². The molecule has 1 unspecified atom stereocenters. The first kappa shape index (κ1) is 19.6. The number of rotatable bonds is 6. The summed E-state index contributed by atoms with van der Waals surface area (Å²) < 4.78 is 2.38. The highest BCUT2D eigenvalue weighted by Crippen LogP contribution is 2.25. The molecule has 0 fully saturated rings. The number of nitrogens with one attached hydrogen (secondary N) is 1. The standard InChI is InChI=1S/C20H23N3O2S2/c1-5-14(4)23-19(25)18-16(8-9-26-18)22-20(23)27-11-17(24)21-15-7-6-12(2)10-13(15)3/h6-10,14H,5,11H2,1-4H3,(H,21,24). The lowest BCUT2D eigenvalue weighted by Crippen LogP contribution is -2.26. The van der Waals surface area contributed by atoms with E-state index < -0.39 is 0 Å². The van der Waals surface area contributed by atoms with Crippen LogP contribution >= 0.6 is 23.1 Å². The summed E-state index contributed by atoms with van der Waals surface area (Å²) in [5.74, 6) is 0.0913. The zero-order valence-corrected chi connectivity index (χ0v) is 17.5. The Kier molecular flexibility index (Phi) is 6.01. The van der Waals surface area contributed by atoms with Gasteiger partial charge in [0.15, 0.2) is 5.16 Å². The summed E-state index contributed by atoms with van der Waals surface area (Å²) in [6, 6.07) is 7.80. The monoisotopic (exact) mass is 401 g/mol. The molecule has 0 spiro atoms. The molecule has 3 rings (SSSR count). The summed E-state index contributed by atoms with van der Waals surface area (Å²) in [7, 11) is 0. The molecule has 0 aliphatic heterocycles. The molecular weight excluding hydrogens is 378 g/mol. The van der Waals surface area contributed by atoms with Crippen molar-refractivity contribution >= 4 is 44.9 Å². The van der Waals surface area contributed by atoms with Gasteiger partial charge >= 0.3 is 0 Å². The first-order valence-electron chi connectivity index (χ1n) is 8.90. The molecule has 27 heavy (non-hydrogen) atoms. The van der Waals surface area contributed by atoms with E-state index in [-0.39, 0.29) is 23.3 Å². The number of amides is 1. The molecule has 142 valence electrons. The lowest BCUT2D eigenvalue weighted by Gasteiger charge is -2.17. The van der Waals surface area contributed by atoms with Gasteiger partial charge < -0.3 is 5.32 Å². The molecular formula is C20H23N3O2S2. The first-order valence-corrected chi connectivity index (χ1v) is 10.8. The summed E-state index contributed by atoms with van der Waals surface area (Å²) in [5, 5.41) is 5.41. The molecule has 0 aliphatic rings. The highest BCUT2D eigenvalue weighted by atomic mass is 32.2. The van der Waals surface area contributed by atoms with Crippen LogP contribution in [0.4, 0.5) is 5.69 Å². The molecule has 0 radical (unpaired) electrons. The van der Waals surface area contributed by atoms with E-state index in [2.05, 4.69) is 10.3 Å². The number of nitrogens with zero attached hydrogens (tertiary/aromatic N) is 2. The second-order valence-electron chi connectivity index (χ2n) is 6.62. The van der Waals surface area contributed by atoms with Crippen LogP contribution in [0.5, 0.6) is 0 Å². The maximum atomic E-state index is 12.8. The Hall–Kier alpha value is -2.12. The van der Waals surface area contributed by atoms with Gasteiger partial charge in [-0.1, -0.05) is 36.4 Å². The van der Waals surface area contributed by atoms with Crippen LogP contribution in [0.2, 0.25) is 0 Å². The minimum Gasteiger partial charge on any atom is -0.325 e. The van der Waals surface area contributed by atoms with Gasteiger partial charge in [0.25, 0.3) is 5.56 Å². The van der Waals surface area contributed by atoms with Gasteiger partial charge in [0.05, 0.1) is 11.3 Å². The fraction of sp³-hybridized carbons (Fsp3) is 0.350. The molecule has 0 saturated carbocycles. The fourth-order valence-corrected chi connectivity index (χ4v) is 4.51. The molecule has 3 aromatic rings. The number of aromatic nitrogens is 2. The van der Waals surface area contributed by atoms with Gasteiger partial charge in [-0.05, 0) is 50.3 Å². The minimum atomic E-state index is -0.109. The van der Waals surface area contributed by atoms with E-state index in [4.69, 9.17) is 0 Å². The number of anilines is 1. The van der Waals surface area contributed by atoms with Gasteiger partial charge in [-0.25, -0.2) is 4.98 Å². The number of fused-ring (bicyclic) bond motifs is 1. The number of carbonyl (C=O) groups excluding carboxylic acids is 1. The van der Waals surface area contributed by atoms with E-state index in [0.717, 1.165) is 23.2 Å². The van der Waals surface area contributed by atoms with Crippen molar-refractivity contribution in [2.24, 2.45) is 0 Å². The number of hydrogen-bond donors (Lipinski definition) is 1. The van der Waals surface area contributed by atoms with Crippen molar-refractivity contribution in [1.82, 2.24) is 9.55 Å². The number of hydrogen-bond acceptors (Lipinski definition) is 5. The molecule has 2 heterocycles. The van der Waals surface area contributed by atoms with Gasteiger partial charge in [-0.3, -0.25) is 14.2 Å². The minimum absolute atomic E-state index is 0.0263. The van der Waals surface area contributed by atoms with Crippen LogP contribution in [0.15, 0.2) is 39.6 Å². The molecule has 1 atom stereocenters. The predicted octanol–water partition coefficient (Wildman–Crippen LogP) is 4.78. The van der Waals surface area contributed by atoms with Crippen molar-refractivity contribution in [2.75, 3.05) is 11.1 Å². The number of benzene rings is 1. The van der Waals surface area contributed by atoms with Crippen molar-refractivity contribution in [1.29, 1.82) is 0 Å². The lowest BCUT2D eigenvalue weighted by atomic mass is 10.1.